The predicted molar refractivity (Wildman–Crippen MR) is 68.6 cm³/mol. The molecule has 0 saturated carbocycles. The van der Waals surface area contributed by atoms with Crippen molar-refractivity contribution in [3.8, 4) is 0 Å². The minimum atomic E-state index is -0.133. The third kappa shape index (κ3) is 23.4. The van der Waals surface area contributed by atoms with Crippen LogP contribution >= 0.6 is 0 Å². The lowest BCUT2D eigenvalue weighted by atomic mass is 10.1. The molecule has 0 aromatic rings. The minimum Gasteiger partial charge on any atom is -0.317 e. The van der Waals surface area contributed by atoms with E-state index in [1.807, 2.05) is 6.92 Å². The van der Waals surface area contributed by atoms with Crippen LogP contribution in [0.15, 0.2) is 0 Å². The Bertz CT molecular complexity index is 115. The van der Waals surface area contributed by atoms with E-state index in [-0.39, 0.29) is 6.67 Å². The number of nitrogens with one attached hydrogen (secondary N) is 1. The molecule has 0 amide bonds. The number of unbranched alkanes of at least 4 members (excludes halogenated alkanes) is 5. The lowest BCUT2D eigenvalue weighted by molar-refractivity contribution is -0.107. The van der Waals surface area contributed by atoms with E-state index in [4.69, 9.17) is 0 Å². The summed E-state index contributed by atoms with van der Waals surface area (Å²) in [6, 6.07) is 0. The highest BCUT2D eigenvalue weighted by molar-refractivity contribution is 5.49. The number of halogens is 1. The van der Waals surface area contributed by atoms with Crippen LogP contribution in [0, 0.1) is 0 Å². The van der Waals surface area contributed by atoms with E-state index in [0.717, 1.165) is 32.2 Å². The molecule has 0 bridgehead atoms. The van der Waals surface area contributed by atoms with Gasteiger partial charge in [0.05, 0.1) is 6.67 Å². The van der Waals surface area contributed by atoms with Crippen molar-refractivity contribution >= 4 is 6.29 Å². The summed E-state index contributed by atoms with van der Waals surface area (Å²) in [6.07, 6.45) is 8.49. The molecule has 0 unspecified atom stereocenters. The molecule has 0 atom stereocenters. The zero-order chi connectivity index (χ0) is 12.5. The smallest absolute Gasteiger partial charge is 0.121 e. The fourth-order valence-corrected chi connectivity index (χ4v) is 1.21. The number of rotatable bonds is 10. The third-order valence-corrected chi connectivity index (χ3v) is 2.18. The van der Waals surface area contributed by atoms with E-state index in [9.17, 15) is 9.18 Å². The Morgan fingerprint density at radius 3 is 2.19 bits per heavy atom. The van der Waals surface area contributed by atoms with Gasteiger partial charge in [-0.05, 0) is 13.0 Å². The average Bonchev–Trinajstić information content (AvgIpc) is 2.31. The summed E-state index contributed by atoms with van der Waals surface area (Å²) in [6.45, 7) is 5.85. The first-order valence-corrected chi connectivity index (χ1v) is 6.53. The van der Waals surface area contributed by atoms with Crippen molar-refractivity contribution in [3.63, 3.8) is 0 Å². The molecular weight excluding hydrogens is 205 g/mol. The van der Waals surface area contributed by atoms with Crippen LogP contribution in [0.2, 0.25) is 0 Å². The molecule has 0 fully saturated rings. The average molecular weight is 233 g/mol. The topological polar surface area (TPSA) is 29.1 Å². The van der Waals surface area contributed by atoms with Gasteiger partial charge in [0, 0.05) is 13.0 Å². The van der Waals surface area contributed by atoms with Crippen molar-refractivity contribution in [2.24, 2.45) is 0 Å². The predicted octanol–water partition coefficient (Wildman–Crippen LogP) is 3.50. The lowest BCUT2D eigenvalue weighted by Crippen LogP contribution is -2.13. The van der Waals surface area contributed by atoms with E-state index >= 15 is 0 Å². The van der Waals surface area contributed by atoms with Gasteiger partial charge >= 0.3 is 0 Å². The molecule has 0 aliphatic carbocycles. The van der Waals surface area contributed by atoms with Crippen molar-refractivity contribution < 1.29 is 9.18 Å². The monoisotopic (exact) mass is 233 g/mol. The van der Waals surface area contributed by atoms with Crippen LogP contribution in [0.3, 0.4) is 0 Å². The number of alkyl halides is 1. The van der Waals surface area contributed by atoms with Crippen molar-refractivity contribution in [3.05, 3.63) is 0 Å². The molecule has 98 valence electrons. The second-order valence-electron chi connectivity index (χ2n) is 3.77. The molecule has 3 heteroatoms. The van der Waals surface area contributed by atoms with Gasteiger partial charge in [0.25, 0.3) is 0 Å². The summed E-state index contributed by atoms with van der Waals surface area (Å²) in [4.78, 5) is 9.64. The van der Waals surface area contributed by atoms with Crippen LogP contribution in [-0.2, 0) is 4.79 Å². The Labute approximate surface area is 100 Å². The van der Waals surface area contributed by atoms with Crippen LogP contribution in [0.1, 0.15) is 58.8 Å². The number of carbonyl (C=O) groups excluding carboxylic acids is 1. The molecule has 0 heterocycles. The summed E-state index contributed by atoms with van der Waals surface area (Å²) in [5, 5.41) is 3.02. The maximum atomic E-state index is 11.5. The van der Waals surface area contributed by atoms with E-state index in [2.05, 4.69) is 12.2 Å². The quantitative estimate of drug-likeness (QED) is 0.462. The largest absolute Gasteiger partial charge is 0.317 e. The second-order valence-corrected chi connectivity index (χ2v) is 3.77. The van der Waals surface area contributed by atoms with Gasteiger partial charge in [0.2, 0.25) is 0 Å². The molecule has 0 aliphatic rings. The lowest BCUT2D eigenvalue weighted by Gasteiger charge is -1.95. The van der Waals surface area contributed by atoms with Gasteiger partial charge in [-0.15, -0.1) is 0 Å². The van der Waals surface area contributed by atoms with Crippen molar-refractivity contribution in [1.82, 2.24) is 5.32 Å². The fraction of sp³-hybridized carbons (Fsp3) is 0.923. The molecule has 0 radical (unpaired) electrons. The van der Waals surface area contributed by atoms with E-state index in [1.54, 1.807) is 0 Å². The van der Waals surface area contributed by atoms with Crippen LogP contribution in [-0.4, -0.2) is 26.1 Å². The second kappa shape index (κ2) is 20.0. The van der Waals surface area contributed by atoms with Crippen LogP contribution in [0.25, 0.3) is 0 Å². The standard InChI is InChI=1S/C8H17F.C5H11NO/c1-2-3-4-5-6-7-8-9;1-2-6-4-3-5-7/h2-8H2,1H3;5-6H,2-4H2,1H3. The molecule has 0 saturated heterocycles. The molecule has 0 rings (SSSR count). The first-order valence-electron chi connectivity index (χ1n) is 6.53. The first-order chi connectivity index (χ1) is 7.83. The molecule has 0 aliphatic heterocycles. The fourth-order valence-electron chi connectivity index (χ4n) is 1.21. The molecule has 16 heavy (non-hydrogen) atoms. The summed E-state index contributed by atoms with van der Waals surface area (Å²) >= 11 is 0. The highest BCUT2D eigenvalue weighted by Crippen LogP contribution is 2.04. The van der Waals surface area contributed by atoms with Gasteiger partial charge in [-0.3, -0.25) is 4.39 Å². The first kappa shape index (κ1) is 17.9. The Kier molecular flexibility index (Phi) is 22.5. The van der Waals surface area contributed by atoms with Crippen molar-refractivity contribution in [1.29, 1.82) is 0 Å². The van der Waals surface area contributed by atoms with Crippen molar-refractivity contribution in [2.45, 2.75) is 58.8 Å². The number of hydrogen-bond donors (Lipinski definition) is 1. The number of hydrogen-bond acceptors (Lipinski definition) is 2. The van der Waals surface area contributed by atoms with Crippen molar-refractivity contribution in [2.75, 3.05) is 19.8 Å². The van der Waals surface area contributed by atoms with Gasteiger partial charge < -0.3 is 10.1 Å². The molecular formula is C13H28FNO. The Hall–Kier alpha value is -0.440. The molecule has 0 spiro atoms. The molecule has 0 aromatic carbocycles. The summed E-state index contributed by atoms with van der Waals surface area (Å²) < 4.78 is 11.5. The van der Waals surface area contributed by atoms with Gasteiger partial charge in [-0.1, -0.05) is 46.0 Å². The molecule has 1 N–H and O–H groups in total. The number of aldehydes is 1. The summed E-state index contributed by atoms with van der Waals surface area (Å²) in [5.41, 5.74) is 0. The zero-order valence-electron chi connectivity index (χ0n) is 10.9. The molecule has 0 aromatic heterocycles. The summed E-state index contributed by atoms with van der Waals surface area (Å²) in [5.74, 6) is 0. The van der Waals surface area contributed by atoms with Gasteiger partial charge in [0.15, 0.2) is 0 Å². The maximum absolute atomic E-state index is 11.5. The zero-order valence-corrected chi connectivity index (χ0v) is 10.9. The van der Waals surface area contributed by atoms with E-state index in [1.165, 1.54) is 25.7 Å². The Morgan fingerprint density at radius 1 is 1.06 bits per heavy atom. The van der Waals surface area contributed by atoms with Gasteiger partial charge in [-0.2, -0.15) is 0 Å². The highest BCUT2D eigenvalue weighted by atomic mass is 19.1. The normalized spacial score (nSPS) is 9.44. The minimum absolute atomic E-state index is 0.133. The van der Waals surface area contributed by atoms with Crippen LogP contribution in [0.5, 0.6) is 0 Å². The Balaban J connectivity index is 0. The highest BCUT2D eigenvalue weighted by Gasteiger charge is 1.87. The SMILES string of the molecule is CCCCCCCCF.CCNCCC=O. The van der Waals surface area contributed by atoms with Crippen LogP contribution < -0.4 is 5.32 Å². The Morgan fingerprint density at radius 2 is 1.69 bits per heavy atom. The van der Waals surface area contributed by atoms with Gasteiger partial charge in [0.1, 0.15) is 6.29 Å². The molecule has 2 nitrogen and oxygen atoms in total. The maximum Gasteiger partial charge on any atom is 0.121 e. The third-order valence-electron chi connectivity index (χ3n) is 2.18. The van der Waals surface area contributed by atoms with E-state index < -0.39 is 0 Å². The summed E-state index contributed by atoms with van der Waals surface area (Å²) in [7, 11) is 0. The van der Waals surface area contributed by atoms with Gasteiger partial charge in [-0.25, -0.2) is 0 Å². The van der Waals surface area contributed by atoms with E-state index in [0.29, 0.717) is 6.42 Å². The van der Waals surface area contributed by atoms with Crippen LogP contribution in [0.4, 0.5) is 4.39 Å². The number of carbonyl (C=O) groups is 1.